The number of nitrogens with zero attached hydrogens (tertiary/aromatic N) is 2. The molecule has 0 amide bonds. The summed E-state index contributed by atoms with van der Waals surface area (Å²) < 4.78 is 7.52. The van der Waals surface area contributed by atoms with Gasteiger partial charge in [0.15, 0.2) is 0 Å². The molecular formula is C14H27N3O. The topological polar surface area (TPSA) is 39.1 Å². The molecule has 0 aliphatic rings. The number of hydrogen-bond acceptors (Lipinski definition) is 3. The first-order chi connectivity index (χ1) is 8.77. The summed E-state index contributed by atoms with van der Waals surface area (Å²) in [7, 11) is 0. The van der Waals surface area contributed by atoms with Crippen LogP contribution in [-0.2, 0) is 11.3 Å². The van der Waals surface area contributed by atoms with Crippen molar-refractivity contribution in [1.29, 1.82) is 0 Å². The molecule has 4 nitrogen and oxygen atoms in total. The van der Waals surface area contributed by atoms with Crippen LogP contribution in [0.2, 0.25) is 0 Å². The third-order valence-electron chi connectivity index (χ3n) is 3.08. The Hall–Kier alpha value is -0.870. The molecule has 18 heavy (non-hydrogen) atoms. The molecule has 1 N–H and O–H groups in total. The number of rotatable bonds is 10. The molecule has 4 heteroatoms. The van der Waals surface area contributed by atoms with Gasteiger partial charge in [0.05, 0.1) is 12.3 Å². The number of nitrogens with one attached hydrogen (secondary N) is 1. The summed E-state index contributed by atoms with van der Waals surface area (Å²) >= 11 is 0. The maximum atomic E-state index is 5.48. The quantitative estimate of drug-likeness (QED) is 0.652. The summed E-state index contributed by atoms with van der Waals surface area (Å²) in [5.74, 6) is 0. The highest BCUT2D eigenvalue weighted by molar-refractivity contribution is 4.99. The predicted molar refractivity (Wildman–Crippen MR) is 74.7 cm³/mol. The zero-order valence-electron chi connectivity index (χ0n) is 12.0. The third kappa shape index (κ3) is 5.65. The Kier molecular flexibility index (Phi) is 7.69. The largest absolute Gasteiger partial charge is 0.380 e. The summed E-state index contributed by atoms with van der Waals surface area (Å²) in [6.45, 7) is 9.91. The second-order valence-corrected chi connectivity index (χ2v) is 4.69. The molecule has 0 saturated heterocycles. The zero-order chi connectivity index (χ0) is 13.2. The molecule has 0 aromatic carbocycles. The van der Waals surface area contributed by atoms with Gasteiger partial charge in [-0.1, -0.05) is 20.3 Å². The molecule has 0 aliphatic carbocycles. The van der Waals surface area contributed by atoms with Gasteiger partial charge in [0.2, 0.25) is 0 Å². The lowest BCUT2D eigenvalue weighted by molar-refractivity contribution is 0.133. The van der Waals surface area contributed by atoms with Crippen molar-refractivity contribution in [1.82, 2.24) is 15.1 Å². The van der Waals surface area contributed by atoms with Crippen LogP contribution in [0.5, 0.6) is 0 Å². The van der Waals surface area contributed by atoms with E-state index in [1.165, 1.54) is 6.42 Å². The highest BCUT2D eigenvalue weighted by atomic mass is 16.5. The van der Waals surface area contributed by atoms with Crippen molar-refractivity contribution in [3.05, 3.63) is 18.0 Å². The summed E-state index contributed by atoms with van der Waals surface area (Å²) in [6, 6.07) is 2.56. The van der Waals surface area contributed by atoms with Gasteiger partial charge in [0.25, 0.3) is 0 Å². The highest BCUT2D eigenvalue weighted by Gasteiger charge is 2.03. The maximum Gasteiger partial charge on any atom is 0.0762 e. The van der Waals surface area contributed by atoms with Crippen molar-refractivity contribution in [2.24, 2.45) is 0 Å². The molecule has 1 unspecified atom stereocenters. The molecule has 1 atom stereocenters. The van der Waals surface area contributed by atoms with Crippen molar-refractivity contribution in [2.45, 2.75) is 52.6 Å². The molecule has 1 aromatic heterocycles. The SMILES string of the molecule is CCCCOCCNCc1ccn(C(C)CC)n1. The molecule has 0 radical (unpaired) electrons. The van der Waals surface area contributed by atoms with Gasteiger partial charge < -0.3 is 10.1 Å². The summed E-state index contributed by atoms with van der Waals surface area (Å²) in [6.07, 6.45) is 5.52. The first-order valence-corrected chi connectivity index (χ1v) is 7.10. The van der Waals surface area contributed by atoms with Gasteiger partial charge in [0, 0.05) is 31.9 Å². The summed E-state index contributed by atoms with van der Waals surface area (Å²) in [5, 5.41) is 7.89. The number of unbranched alkanes of at least 4 members (excludes halogenated alkanes) is 1. The van der Waals surface area contributed by atoms with Crippen molar-refractivity contribution in [3.8, 4) is 0 Å². The van der Waals surface area contributed by atoms with Gasteiger partial charge in [-0.05, 0) is 25.8 Å². The fourth-order valence-electron chi connectivity index (χ4n) is 1.61. The Morgan fingerprint density at radius 2 is 2.22 bits per heavy atom. The Bertz CT molecular complexity index is 312. The van der Waals surface area contributed by atoms with Crippen molar-refractivity contribution < 1.29 is 4.74 Å². The van der Waals surface area contributed by atoms with Crippen LogP contribution in [0.4, 0.5) is 0 Å². The van der Waals surface area contributed by atoms with E-state index in [1.807, 2.05) is 4.68 Å². The molecular weight excluding hydrogens is 226 g/mol. The Morgan fingerprint density at radius 3 is 2.94 bits per heavy atom. The highest BCUT2D eigenvalue weighted by Crippen LogP contribution is 2.08. The third-order valence-corrected chi connectivity index (χ3v) is 3.08. The molecule has 1 rings (SSSR count). The van der Waals surface area contributed by atoms with Gasteiger partial charge in [0.1, 0.15) is 0 Å². The van der Waals surface area contributed by atoms with Gasteiger partial charge in [-0.15, -0.1) is 0 Å². The Labute approximate surface area is 111 Å². The lowest BCUT2D eigenvalue weighted by Crippen LogP contribution is -2.20. The lowest BCUT2D eigenvalue weighted by Gasteiger charge is -2.08. The van der Waals surface area contributed by atoms with Crippen LogP contribution in [0, 0.1) is 0 Å². The van der Waals surface area contributed by atoms with Crippen molar-refractivity contribution >= 4 is 0 Å². The second kappa shape index (κ2) is 9.11. The van der Waals surface area contributed by atoms with E-state index in [9.17, 15) is 0 Å². The van der Waals surface area contributed by atoms with Crippen molar-refractivity contribution in [3.63, 3.8) is 0 Å². The van der Waals surface area contributed by atoms with Gasteiger partial charge in [-0.3, -0.25) is 4.68 Å². The van der Waals surface area contributed by atoms with Crippen LogP contribution in [-0.4, -0.2) is 29.5 Å². The molecule has 1 aromatic rings. The average molecular weight is 253 g/mol. The Balaban J connectivity index is 2.10. The zero-order valence-corrected chi connectivity index (χ0v) is 12.0. The van der Waals surface area contributed by atoms with Crippen LogP contribution in [0.15, 0.2) is 12.3 Å². The van der Waals surface area contributed by atoms with E-state index in [4.69, 9.17) is 4.74 Å². The molecule has 104 valence electrons. The average Bonchev–Trinajstić information content (AvgIpc) is 2.85. The van der Waals surface area contributed by atoms with Crippen LogP contribution < -0.4 is 5.32 Å². The molecule has 0 saturated carbocycles. The van der Waals surface area contributed by atoms with E-state index in [2.05, 4.69) is 43.4 Å². The van der Waals surface area contributed by atoms with Crippen LogP contribution in [0.3, 0.4) is 0 Å². The molecule has 0 aliphatic heterocycles. The fourth-order valence-corrected chi connectivity index (χ4v) is 1.61. The van der Waals surface area contributed by atoms with E-state index < -0.39 is 0 Å². The minimum absolute atomic E-state index is 0.483. The molecule has 0 spiro atoms. The molecule has 0 fully saturated rings. The van der Waals surface area contributed by atoms with E-state index >= 15 is 0 Å². The summed E-state index contributed by atoms with van der Waals surface area (Å²) in [4.78, 5) is 0. The first-order valence-electron chi connectivity index (χ1n) is 7.10. The van der Waals surface area contributed by atoms with E-state index in [0.717, 1.165) is 44.8 Å². The minimum Gasteiger partial charge on any atom is -0.380 e. The van der Waals surface area contributed by atoms with Gasteiger partial charge in [-0.2, -0.15) is 5.10 Å². The minimum atomic E-state index is 0.483. The van der Waals surface area contributed by atoms with Crippen LogP contribution in [0.1, 0.15) is 51.8 Å². The standard InChI is InChI=1S/C14H27N3O/c1-4-6-10-18-11-8-15-12-14-7-9-17(16-14)13(3)5-2/h7,9,13,15H,4-6,8,10-12H2,1-3H3. The Morgan fingerprint density at radius 1 is 1.39 bits per heavy atom. The number of hydrogen-bond donors (Lipinski definition) is 1. The van der Waals surface area contributed by atoms with E-state index in [-0.39, 0.29) is 0 Å². The number of aromatic nitrogens is 2. The smallest absolute Gasteiger partial charge is 0.0762 e. The number of ether oxygens (including phenoxy) is 1. The maximum absolute atomic E-state index is 5.48. The summed E-state index contributed by atoms with van der Waals surface area (Å²) in [5.41, 5.74) is 1.10. The fraction of sp³-hybridized carbons (Fsp3) is 0.786. The van der Waals surface area contributed by atoms with Gasteiger partial charge >= 0.3 is 0 Å². The second-order valence-electron chi connectivity index (χ2n) is 4.69. The monoisotopic (exact) mass is 253 g/mol. The van der Waals surface area contributed by atoms with E-state index in [1.54, 1.807) is 0 Å². The first kappa shape index (κ1) is 15.2. The van der Waals surface area contributed by atoms with Gasteiger partial charge in [-0.25, -0.2) is 0 Å². The predicted octanol–water partition coefficient (Wildman–Crippen LogP) is 2.76. The van der Waals surface area contributed by atoms with Crippen LogP contribution >= 0.6 is 0 Å². The molecule has 1 heterocycles. The van der Waals surface area contributed by atoms with Crippen molar-refractivity contribution in [2.75, 3.05) is 19.8 Å². The molecule has 0 bridgehead atoms. The normalized spacial score (nSPS) is 12.8. The van der Waals surface area contributed by atoms with E-state index in [0.29, 0.717) is 6.04 Å². The van der Waals surface area contributed by atoms with Crippen LogP contribution in [0.25, 0.3) is 0 Å². The lowest BCUT2D eigenvalue weighted by atomic mass is 10.3.